The number of hydrogen-bond donors (Lipinski definition) is 4. The van der Waals surface area contributed by atoms with Crippen LogP contribution < -0.4 is 10.6 Å². The minimum atomic E-state index is -0.508. The van der Waals surface area contributed by atoms with Crippen molar-refractivity contribution in [1.29, 1.82) is 0 Å². The molecule has 1 aromatic carbocycles. The van der Waals surface area contributed by atoms with E-state index in [0.717, 1.165) is 30.8 Å². The fourth-order valence-electron chi connectivity index (χ4n) is 4.20. The summed E-state index contributed by atoms with van der Waals surface area (Å²) in [6.45, 7) is 5.08. The van der Waals surface area contributed by atoms with Crippen LogP contribution in [-0.4, -0.2) is 65.2 Å². The number of likely N-dealkylation sites (tertiary alicyclic amines) is 1. The van der Waals surface area contributed by atoms with Gasteiger partial charge in [0.05, 0.1) is 18.7 Å². The third-order valence-electron chi connectivity index (χ3n) is 5.42. The molecule has 1 saturated heterocycles. The van der Waals surface area contributed by atoms with Gasteiger partial charge >= 0.3 is 0 Å². The number of anilines is 1. The molecule has 1 aromatic rings. The summed E-state index contributed by atoms with van der Waals surface area (Å²) in [4.78, 5) is 34.1. The number of fused-ring (bicyclic) bond motifs is 1. The Kier molecular flexibility index (Phi) is 8.43. The number of aryl methyl sites for hydroxylation is 1. The first-order chi connectivity index (χ1) is 13.7. The molecule has 4 atom stereocenters. The molecule has 1 heterocycles. The summed E-state index contributed by atoms with van der Waals surface area (Å²) in [5.41, 5.74) is 1.67. The van der Waals surface area contributed by atoms with E-state index in [1.165, 1.54) is 6.92 Å². The molecule has 0 spiro atoms. The number of carbonyl (C=O) groups excluding carboxylic acids is 2. The third-order valence-corrected chi connectivity index (χ3v) is 5.84. The fourth-order valence-corrected chi connectivity index (χ4v) is 4.32. The van der Waals surface area contributed by atoms with Gasteiger partial charge in [0.2, 0.25) is 11.8 Å². The fraction of sp³-hybridized carbons (Fsp3) is 0.550. The molecular weight excluding hydrogens is 398 g/mol. The highest BCUT2D eigenvalue weighted by Gasteiger charge is 2.42. The van der Waals surface area contributed by atoms with Gasteiger partial charge in [-0.1, -0.05) is 11.6 Å². The minimum Gasteiger partial charge on any atom is -0.483 e. The molecule has 0 radical (unpaired) electrons. The molecule has 0 bridgehead atoms. The van der Waals surface area contributed by atoms with Gasteiger partial charge in [-0.2, -0.15) is 0 Å². The number of hydrogen-bond acceptors (Lipinski definition) is 5. The van der Waals surface area contributed by atoms with Crippen molar-refractivity contribution in [3.63, 3.8) is 0 Å². The standard InChI is InChI=1S/C19H26ClN3O3.CH2O2/c1-11-5-15(3-4-16(11)20)22-19(26)10-23-8-13-6-17(21-12(2)24)18(25)7-14(13)9-23;2-1-3/h3-5,13-14,17-18,25H,6-10H2,1-2H3,(H,21,24)(H,22,26);1H,(H,2,3)/t13-,14+,17-,18-;/m1./s1. The highest BCUT2D eigenvalue weighted by atomic mass is 35.5. The number of amides is 2. The molecule has 29 heavy (non-hydrogen) atoms. The Labute approximate surface area is 175 Å². The van der Waals surface area contributed by atoms with E-state index in [0.29, 0.717) is 29.8 Å². The van der Waals surface area contributed by atoms with Crippen molar-refractivity contribution >= 4 is 35.6 Å². The van der Waals surface area contributed by atoms with Crippen molar-refractivity contribution in [1.82, 2.24) is 10.2 Å². The van der Waals surface area contributed by atoms with Crippen LogP contribution in [0.3, 0.4) is 0 Å². The van der Waals surface area contributed by atoms with Crippen LogP contribution in [-0.2, 0) is 14.4 Å². The van der Waals surface area contributed by atoms with E-state index in [9.17, 15) is 14.7 Å². The molecule has 1 aliphatic carbocycles. The van der Waals surface area contributed by atoms with E-state index in [2.05, 4.69) is 15.5 Å². The van der Waals surface area contributed by atoms with Crippen LogP contribution in [0.25, 0.3) is 0 Å². The summed E-state index contributed by atoms with van der Waals surface area (Å²) < 4.78 is 0. The number of benzene rings is 1. The second kappa shape index (κ2) is 10.6. The van der Waals surface area contributed by atoms with Crippen molar-refractivity contribution in [2.45, 2.75) is 38.8 Å². The number of nitrogens with one attached hydrogen (secondary N) is 2. The molecule has 2 aliphatic rings. The van der Waals surface area contributed by atoms with Crippen LogP contribution in [0.2, 0.25) is 5.02 Å². The molecule has 0 unspecified atom stereocenters. The first kappa shape index (κ1) is 23.1. The van der Waals surface area contributed by atoms with E-state index in [1.807, 2.05) is 13.0 Å². The summed E-state index contributed by atoms with van der Waals surface area (Å²) >= 11 is 6.01. The average Bonchev–Trinajstić information content (AvgIpc) is 2.99. The molecule has 1 saturated carbocycles. The van der Waals surface area contributed by atoms with Crippen molar-refractivity contribution in [2.24, 2.45) is 11.8 Å². The van der Waals surface area contributed by atoms with Crippen LogP contribution >= 0.6 is 11.6 Å². The van der Waals surface area contributed by atoms with Gasteiger partial charge in [-0.25, -0.2) is 0 Å². The van der Waals surface area contributed by atoms with E-state index < -0.39 is 6.10 Å². The first-order valence-electron chi connectivity index (χ1n) is 9.54. The molecule has 4 N–H and O–H groups in total. The Balaban J connectivity index is 0.000000941. The molecule has 1 aliphatic heterocycles. The maximum Gasteiger partial charge on any atom is 0.290 e. The number of carboxylic acid groups (broad SMARTS) is 1. The second-order valence-corrected chi connectivity index (χ2v) is 8.08. The van der Waals surface area contributed by atoms with Crippen molar-refractivity contribution in [2.75, 3.05) is 25.0 Å². The lowest BCUT2D eigenvalue weighted by molar-refractivity contribution is -0.123. The summed E-state index contributed by atoms with van der Waals surface area (Å²) in [5.74, 6) is 0.616. The minimum absolute atomic E-state index is 0.0515. The third kappa shape index (κ3) is 6.69. The van der Waals surface area contributed by atoms with Gasteiger partial charge in [0.15, 0.2) is 0 Å². The van der Waals surface area contributed by atoms with Gasteiger partial charge < -0.3 is 20.8 Å². The molecule has 0 aromatic heterocycles. The van der Waals surface area contributed by atoms with Crippen molar-refractivity contribution in [3.8, 4) is 0 Å². The Morgan fingerprint density at radius 1 is 1.28 bits per heavy atom. The summed E-state index contributed by atoms with van der Waals surface area (Å²) in [7, 11) is 0. The monoisotopic (exact) mass is 425 g/mol. The molecule has 160 valence electrons. The SMILES string of the molecule is CC(=O)N[C@@H]1C[C@@H]2CN(CC(=O)Nc3ccc(Cl)c(C)c3)C[C@@H]2C[C@H]1O.O=CO. The van der Waals surface area contributed by atoms with Crippen LogP contribution in [0.4, 0.5) is 5.69 Å². The topological polar surface area (TPSA) is 119 Å². The van der Waals surface area contributed by atoms with E-state index >= 15 is 0 Å². The second-order valence-electron chi connectivity index (χ2n) is 7.68. The zero-order valence-electron chi connectivity index (χ0n) is 16.6. The maximum atomic E-state index is 12.4. The quantitative estimate of drug-likeness (QED) is 0.543. The lowest BCUT2D eigenvalue weighted by Gasteiger charge is -2.35. The number of halogens is 1. The zero-order valence-corrected chi connectivity index (χ0v) is 17.4. The normalized spacial score (nSPS) is 25.9. The van der Waals surface area contributed by atoms with Crippen molar-refractivity contribution in [3.05, 3.63) is 28.8 Å². The lowest BCUT2D eigenvalue weighted by Crippen LogP contribution is -2.48. The highest BCUT2D eigenvalue weighted by Crippen LogP contribution is 2.36. The van der Waals surface area contributed by atoms with Crippen molar-refractivity contribution < 1.29 is 24.6 Å². The van der Waals surface area contributed by atoms with E-state index in [4.69, 9.17) is 21.5 Å². The number of nitrogens with zero attached hydrogens (tertiary/aromatic N) is 1. The number of rotatable bonds is 4. The van der Waals surface area contributed by atoms with E-state index in [-0.39, 0.29) is 24.3 Å². The Hall–Kier alpha value is -2.16. The van der Waals surface area contributed by atoms with Gasteiger partial charge in [-0.3, -0.25) is 19.3 Å². The predicted molar refractivity (Wildman–Crippen MR) is 110 cm³/mol. The molecule has 8 nitrogen and oxygen atoms in total. The van der Waals surface area contributed by atoms with Crippen LogP contribution in [0.5, 0.6) is 0 Å². The summed E-state index contributed by atoms with van der Waals surface area (Å²) in [5, 5.41) is 23.6. The van der Waals surface area contributed by atoms with Gasteiger partial charge in [0, 0.05) is 30.7 Å². The smallest absolute Gasteiger partial charge is 0.290 e. The molecule has 9 heteroatoms. The van der Waals surface area contributed by atoms with E-state index in [1.54, 1.807) is 12.1 Å². The number of aliphatic hydroxyl groups is 1. The zero-order chi connectivity index (χ0) is 21.6. The predicted octanol–water partition coefficient (Wildman–Crippen LogP) is 1.50. The van der Waals surface area contributed by atoms with Crippen LogP contribution in [0.15, 0.2) is 18.2 Å². The Morgan fingerprint density at radius 2 is 1.90 bits per heavy atom. The lowest BCUT2D eigenvalue weighted by atomic mass is 9.77. The maximum absolute atomic E-state index is 12.4. The average molecular weight is 426 g/mol. The Bertz CT molecular complexity index is 745. The summed E-state index contributed by atoms with van der Waals surface area (Å²) in [6, 6.07) is 5.25. The van der Waals surface area contributed by atoms with Gasteiger partial charge in [-0.15, -0.1) is 0 Å². The number of aliphatic hydroxyl groups excluding tert-OH is 1. The Morgan fingerprint density at radius 3 is 2.48 bits per heavy atom. The molecular formula is C20H28ClN3O5. The van der Waals surface area contributed by atoms with Gasteiger partial charge in [-0.05, 0) is 55.4 Å². The molecule has 2 amide bonds. The van der Waals surface area contributed by atoms with Gasteiger partial charge in [0.1, 0.15) is 0 Å². The molecule has 3 rings (SSSR count). The number of carbonyl (C=O) groups is 3. The molecule has 2 fully saturated rings. The van der Waals surface area contributed by atoms with Crippen LogP contribution in [0, 0.1) is 18.8 Å². The van der Waals surface area contributed by atoms with Gasteiger partial charge in [0.25, 0.3) is 6.47 Å². The first-order valence-corrected chi connectivity index (χ1v) is 9.92. The highest BCUT2D eigenvalue weighted by molar-refractivity contribution is 6.31. The summed E-state index contributed by atoms with van der Waals surface area (Å²) in [6.07, 6.45) is 0.926. The van der Waals surface area contributed by atoms with Crippen LogP contribution in [0.1, 0.15) is 25.3 Å². The largest absolute Gasteiger partial charge is 0.483 e.